The van der Waals surface area contributed by atoms with Crippen LogP contribution in [0.2, 0.25) is 0 Å². The van der Waals surface area contributed by atoms with Crippen LogP contribution in [0.25, 0.3) is 16.9 Å². The molecule has 0 bridgehead atoms. The third-order valence-corrected chi connectivity index (χ3v) is 3.93. The lowest BCUT2D eigenvalue weighted by Gasteiger charge is -2.08. The Morgan fingerprint density at radius 3 is 2.52 bits per heavy atom. The molecule has 4 aromatic rings. The molecule has 0 aliphatic carbocycles. The zero-order chi connectivity index (χ0) is 19.0. The molecule has 0 amide bonds. The number of nitrogens with one attached hydrogen (secondary N) is 1. The van der Waals surface area contributed by atoms with Gasteiger partial charge >= 0.3 is 6.18 Å². The topological polar surface area (TPSA) is 72.9 Å². The second kappa shape index (κ2) is 6.38. The van der Waals surface area contributed by atoms with Gasteiger partial charge in [-0.15, -0.1) is 15.3 Å². The molecule has 10 heteroatoms. The van der Waals surface area contributed by atoms with E-state index in [1.54, 1.807) is 10.7 Å². The number of benzene rings is 1. The molecule has 27 heavy (non-hydrogen) atoms. The summed E-state index contributed by atoms with van der Waals surface area (Å²) < 4.78 is 41.3. The van der Waals surface area contributed by atoms with Crippen molar-refractivity contribution in [1.29, 1.82) is 0 Å². The lowest BCUT2D eigenvalue weighted by Crippen LogP contribution is -2.13. The van der Waals surface area contributed by atoms with Gasteiger partial charge in [0.25, 0.3) is 5.82 Å². The molecule has 0 spiro atoms. The maximum Gasteiger partial charge on any atom is 0.453 e. The third-order valence-electron chi connectivity index (χ3n) is 3.93. The van der Waals surface area contributed by atoms with Crippen LogP contribution in [0.15, 0.2) is 48.7 Å². The summed E-state index contributed by atoms with van der Waals surface area (Å²) >= 11 is 0. The molecular weight excluding hydrogens is 359 g/mol. The average molecular weight is 373 g/mol. The molecule has 1 N–H and O–H groups in total. The Labute approximate surface area is 151 Å². The van der Waals surface area contributed by atoms with Crippen LogP contribution in [0.3, 0.4) is 0 Å². The smallest absolute Gasteiger partial charge is 0.364 e. The normalized spacial score (nSPS) is 11.9. The largest absolute Gasteiger partial charge is 0.453 e. The van der Waals surface area contributed by atoms with Crippen molar-refractivity contribution >= 4 is 11.5 Å². The van der Waals surface area contributed by atoms with E-state index in [1.807, 2.05) is 43.6 Å². The Balaban J connectivity index is 1.61. The molecular formula is C17H14F3N7. The van der Waals surface area contributed by atoms with Crippen molar-refractivity contribution < 1.29 is 13.2 Å². The fourth-order valence-electron chi connectivity index (χ4n) is 2.75. The molecule has 138 valence electrons. The van der Waals surface area contributed by atoms with E-state index in [2.05, 4.69) is 25.7 Å². The number of hydrogen-bond acceptors (Lipinski definition) is 5. The van der Waals surface area contributed by atoms with Crippen LogP contribution in [0.4, 0.5) is 19.0 Å². The SMILES string of the molecule is Cn1cc(CNc2ccc3nnc(C(F)(F)F)n3n2)c(-c2ccccc2)n1. The first-order valence-corrected chi connectivity index (χ1v) is 8.03. The highest BCUT2D eigenvalue weighted by Gasteiger charge is 2.37. The maximum atomic E-state index is 13.0. The van der Waals surface area contributed by atoms with Crippen LogP contribution >= 0.6 is 0 Å². The summed E-state index contributed by atoms with van der Waals surface area (Å²) in [6.45, 7) is 0.347. The van der Waals surface area contributed by atoms with Crippen LogP contribution in [0.5, 0.6) is 0 Å². The summed E-state index contributed by atoms with van der Waals surface area (Å²) in [5.74, 6) is -0.886. The minimum absolute atomic E-state index is 0.0271. The molecule has 0 atom stereocenters. The van der Waals surface area contributed by atoms with Gasteiger partial charge in [-0.3, -0.25) is 4.68 Å². The first-order chi connectivity index (χ1) is 12.9. The van der Waals surface area contributed by atoms with E-state index in [0.29, 0.717) is 11.1 Å². The molecule has 0 radical (unpaired) electrons. The van der Waals surface area contributed by atoms with Crippen LogP contribution in [-0.4, -0.2) is 29.6 Å². The lowest BCUT2D eigenvalue weighted by atomic mass is 10.1. The molecule has 3 heterocycles. The molecule has 0 unspecified atom stereocenters. The van der Waals surface area contributed by atoms with E-state index in [4.69, 9.17) is 0 Å². The van der Waals surface area contributed by atoms with Crippen molar-refractivity contribution in [1.82, 2.24) is 29.6 Å². The van der Waals surface area contributed by atoms with Crippen molar-refractivity contribution in [3.05, 3.63) is 60.0 Å². The Kier molecular flexibility index (Phi) is 4.02. The van der Waals surface area contributed by atoms with Crippen LogP contribution in [0, 0.1) is 0 Å². The fraction of sp³-hybridized carbons (Fsp3) is 0.176. The van der Waals surface area contributed by atoms with Gasteiger partial charge in [0, 0.05) is 30.9 Å². The first-order valence-electron chi connectivity index (χ1n) is 8.03. The summed E-state index contributed by atoms with van der Waals surface area (Å²) in [7, 11) is 1.81. The number of alkyl halides is 3. The zero-order valence-corrected chi connectivity index (χ0v) is 14.1. The van der Waals surface area contributed by atoms with Crippen molar-refractivity contribution in [3.63, 3.8) is 0 Å². The Bertz CT molecular complexity index is 1080. The van der Waals surface area contributed by atoms with E-state index < -0.39 is 12.0 Å². The van der Waals surface area contributed by atoms with Gasteiger partial charge in [-0.1, -0.05) is 30.3 Å². The Hall–Kier alpha value is -3.43. The Morgan fingerprint density at radius 1 is 1.00 bits per heavy atom. The van der Waals surface area contributed by atoms with E-state index in [9.17, 15) is 13.2 Å². The number of nitrogens with zero attached hydrogens (tertiary/aromatic N) is 6. The van der Waals surface area contributed by atoms with Crippen molar-refractivity contribution in [2.45, 2.75) is 12.7 Å². The van der Waals surface area contributed by atoms with Crippen molar-refractivity contribution in [2.75, 3.05) is 5.32 Å². The molecule has 4 rings (SSSR count). The van der Waals surface area contributed by atoms with Gasteiger partial charge in [-0.05, 0) is 12.1 Å². The number of fused-ring (bicyclic) bond motifs is 1. The summed E-state index contributed by atoms with van der Waals surface area (Å²) in [4.78, 5) is 0. The van der Waals surface area contributed by atoms with Crippen molar-refractivity contribution in [3.8, 4) is 11.3 Å². The summed E-state index contributed by atoms with van der Waals surface area (Å²) in [6, 6.07) is 12.6. The highest BCUT2D eigenvalue weighted by atomic mass is 19.4. The highest BCUT2D eigenvalue weighted by Crippen LogP contribution is 2.28. The lowest BCUT2D eigenvalue weighted by molar-refractivity contribution is -0.146. The highest BCUT2D eigenvalue weighted by molar-refractivity contribution is 5.63. The molecule has 7 nitrogen and oxygen atoms in total. The van der Waals surface area contributed by atoms with Gasteiger partial charge in [0.1, 0.15) is 5.82 Å². The number of halogens is 3. The van der Waals surface area contributed by atoms with Gasteiger partial charge in [-0.2, -0.15) is 22.8 Å². The first kappa shape index (κ1) is 17.0. The zero-order valence-electron chi connectivity index (χ0n) is 14.1. The van der Waals surface area contributed by atoms with E-state index >= 15 is 0 Å². The van der Waals surface area contributed by atoms with Crippen LogP contribution < -0.4 is 5.32 Å². The third kappa shape index (κ3) is 3.33. The average Bonchev–Trinajstić information content (AvgIpc) is 3.23. The number of hydrogen-bond donors (Lipinski definition) is 1. The standard InChI is InChI=1S/C17H14F3N7/c1-26-10-12(15(25-26)11-5-3-2-4-6-11)9-21-13-7-8-14-22-23-16(17(18,19)20)27(14)24-13/h2-8,10H,9H2,1H3,(H,21,24). The van der Waals surface area contributed by atoms with Crippen LogP contribution in [0.1, 0.15) is 11.4 Å². The predicted molar refractivity (Wildman–Crippen MR) is 91.8 cm³/mol. The fourth-order valence-corrected chi connectivity index (χ4v) is 2.75. The molecule has 1 aromatic carbocycles. The molecule has 0 saturated carbocycles. The van der Waals surface area contributed by atoms with Crippen LogP contribution in [-0.2, 0) is 19.8 Å². The van der Waals surface area contributed by atoms with Gasteiger partial charge in [0.2, 0.25) is 0 Å². The van der Waals surface area contributed by atoms with Gasteiger partial charge in [0.05, 0.1) is 5.69 Å². The van der Waals surface area contributed by atoms with E-state index in [0.717, 1.165) is 16.8 Å². The second-order valence-corrected chi connectivity index (χ2v) is 5.91. The predicted octanol–water partition coefficient (Wildman–Crippen LogP) is 3.16. The quantitative estimate of drug-likeness (QED) is 0.595. The summed E-state index contributed by atoms with van der Waals surface area (Å²) in [5, 5.41) is 18.1. The summed E-state index contributed by atoms with van der Waals surface area (Å²) in [5.41, 5.74) is 2.67. The Morgan fingerprint density at radius 2 is 1.78 bits per heavy atom. The molecule has 3 aromatic heterocycles. The van der Waals surface area contributed by atoms with Gasteiger partial charge in [0.15, 0.2) is 5.65 Å². The van der Waals surface area contributed by atoms with Gasteiger partial charge in [-0.25, -0.2) is 0 Å². The number of anilines is 1. The number of aryl methyl sites for hydroxylation is 1. The summed E-state index contributed by atoms with van der Waals surface area (Å²) in [6.07, 6.45) is -2.78. The van der Waals surface area contributed by atoms with Crippen molar-refractivity contribution in [2.24, 2.45) is 7.05 Å². The molecule has 0 aliphatic heterocycles. The minimum Gasteiger partial charge on any atom is -0.364 e. The molecule has 0 aliphatic rings. The van der Waals surface area contributed by atoms with E-state index in [-0.39, 0.29) is 11.5 Å². The monoisotopic (exact) mass is 373 g/mol. The second-order valence-electron chi connectivity index (χ2n) is 5.91. The maximum absolute atomic E-state index is 13.0. The van der Waals surface area contributed by atoms with Gasteiger partial charge < -0.3 is 5.32 Å². The van der Waals surface area contributed by atoms with E-state index in [1.165, 1.54) is 6.07 Å². The molecule has 0 saturated heterocycles. The number of aromatic nitrogens is 6. The molecule has 0 fully saturated rings. The minimum atomic E-state index is -4.63. The number of rotatable bonds is 4.